The number of carbonyl (C=O) groups excluding carboxylic acids is 1. The molecule has 2 atom stereocenters. The van der Waals surface area contributed by atoms with Crippen LogP contribution in [0.4, 0.5) is 0 Å². The molecule has 3 rings (SSSR count). The molecule has 5 heteroatoms. The molecule has 1 amide bonds. The van der Waals surface area contributed by atoms with Gasteiger partial charge in [-0.1, -0.05) is 18.2 Å². The van der Waals surface area contributed by atoms with Crippen LogP contribution >= 0.6 is 11.3 Å². The number of benzene rings is 1. The molecule has 1 fully saturated rings. The lowest BCUT2D eigenvalue weighted by atomic mass is 10.2. The van der Waals surface area contributed by atoms with E-state index >= 15 is 0 Å². The number of hydrogen-bond donors (Lipinski definition) is 1. The Morgan fingerprint density at radius 2 is 2.18 bits per heavy atom. The van der Waals surface area contributed by atoms with Crippen molar-refractivity contribution < 1.29 is 9.53 Å². The van der Waals surface area contributed by atoms with Gasteiger partial charge in [-0.2, -0.15) is 0 Å². The van der Waals surface area contributed by atoms with Crippen molar-refractivity contribution in [3.63, 3.8) is 0 Å². The van der Waals surface area contributed by atoms with E-state index in [0.29, 0.717) is 12.8 Å². The molecular weight excluding hydrogens is 296 g/mol. The van der Waals surface area contributed by atoms with Gasteiger partial charge >= 0.3 is 0 Å². The van der Waals surface area contributed by atoms with Crippen LogP contribution in [0.25, 0.3) is 0 Å². The van der Waals surface area contributed by atoms with Gasteiger partial charge in [-0.25, -0.2) is 4.98 Å². The average molecular weight is 316 g/mol. The summed E-state index contributed by atoms with van der Waals surface area (Å²) < 4.78 is 6.01. The van der Waals surface area contributed by atoms with Crippen LogP contribution in [-0.2, 0) is 11.2 Å². The summed E-state index contributed by atoms with van der Waals surface area (Å²) >= 11 is 1.56. The molecule has 0 radical (unpaired) electrons. The van der Waals surface area contributed by atoms with E-state index in [4.69, 9.17) is 4.74 Å². The molecule has 1 aromatic carbocycles. The van der Waals surface area contributed by atoms with Crippen molar-refractivity contribution in [2.75, 3.05) is 0 Å². The second-order valence-electron chi connectivity index (χ2n) is 5.55. The van der Waals surface area contributed by atoms with Gasteiger partial charge in [-0.3, -0.25) is 4.79 Å². The number of nitrogens with one attached hydrogen (secondary N) is 1. The van der Waals surface area contributed by atoms with Crippen molar-refractivity contribution in [1.82, 2.24) is 10.3 Å². The Morgan fingerprint density at radius 3 is 2.95 bits per heavy atom. The highest BCUT2D eigenvalue weighted by atomic mass is 32.1. The van der Waals surface area contributed by atoms with Crippen molar-refractivity contribution in [1.29, 1.82) is 0 Å². The minimum Gasteiger partial charge on any atom is -0.488 e. The Labute approximate surface area is 134 Å². The number of para-hydroxylation sites is 1. The summed E-state index contributed by atoms with van der Waals surface area (Å²) in [6, 6.07) is 9.93. The average Bonchev–Trinajstić information content (AvgIpc) is 3.19. The quantitative estimate of drug-likeness (QED) is 0.890. The van der Waals surface area contributed by atoms with Crippen LogP contribution in [0.15, 0.2) is 41.2 Å². The van der Waals surface area contributed by atoms with Crippen molar-refractivity contribution in [2.24, 2.45) is 0 Å². The fourth-order valence-corrected chi connectivity index (χ4v) is 3.38. The zero-order valence-corrected chi connectivity index (χ0v) is 13.2. The lowest BCUT2D eigenvalue weighted by molar-refractivity contribution is -0.122. The first-order valence-corrected chi connectivity index (χ1v) is 8.63. The van der Waals surface area contributed by atoms with Crippen molar-refractivity contribution in [3.8, 4) is 5.75 Å². The molecule has 0 spiro atoms. The highest BCUT2D eigenvalue weighted by Crippen LogP contribution is 2.24. The number of aryl methyl sites for hydroxylation is 1. The maximum atomic E-state index is 12.1. The summed E-state index contributed by atoms with van der Waals surface area (Å²) in [5.41, 5.74) is 2.79. The lowest BCUT2D eigenvalue weighted by Crippen LogP contribution is -2.42. The lowest BCUT2D eigenvalue weighted by Gasteiger charge is -2.22. The fourth-order valence-electron chi connectivity index (χ4n) is 2.79. The first kappa shape index (κ1) is 15.0. The number of hydrogen-bond acceptors (Lipinski definition) is 4. The number of ether oxygens (including phenoxy) is 1. The maximum absolute atomic E-state index is 12.1. The topological polar surface area (TPSA) is 51.2 Å². The predicted molar refractivity (Wildman–Crippen MR) is 87.1 cm³/mol. The zero-order valence-electron chi connectivity index (χ0n) is 12.4. The van der Waals surface area contributed by atoms with Gasteiger partial charge in [-0.15, -0.1) is 11.3 Å². The number of nitrogens with zero attached hydrogens (tertiary/aromatic N) is 1. The van der Waals surface area contributed by atoms with Crippen LogP contribution in [0.3, 0.4) is 0 Å². The van der Waals surface area contributed by atoms with Gasteiger partial charge in [0.1, 0.15) is 11.9 Å². The number of carbonyl (C=O) groups is 1. The molecular formula is C17H20N2O2S. The molecule has 1 aliphatic carbocycles. The fraction of sp³-hybridized carbons (Fsp3) is 0.412. The Kier molecular flexibility index (Phi) is 5.06. The SMILES string of the molecule is O=C(CCc1cscn1)N[C@H]1CCC[C@@H]1Oc1ccccc1. The van der Waals surface area contributed by atoms with E-state index in [1.807, 2.05) is 35.7 Å². The Bertz CT molecular complexity index is 586. The van der Waals surface area contributed by atoms with E-state index in [-0.39, 0.29) is 18.1 Å². The number of rotatable bonds is 6. The third-order valence-electron chi connectivity index (χ3n) is 3.92. The van der Waals surface area contributed by atoms with E-state index in [1.54, 1.807) is 16.8 Å². The van der Waals surface area contributed by atoms with Gasteiger partial charge in [0.2, 0.25) is 5.91 Å². The minimum atomic E-state index is 0.0747. The summed E-state index contributed by atoms with van der Waals surface area (Å²) in [5, 5.41) is 5.11. The summed E-state index contributed by atoms with van der Waals surface area (Å²) in [6.07, 6.45) is 4.33. The first-order valence-electron chi connectivity index (χ1n) is 7.69. The second-order valence-corrected chi connectivity index (χ2v) is 6.27. The highest BCUT2D eigenvalue weighted by molar-refractivity contribution is 7.07. The van der Waals surface area contributed by atoms with Crippen LogP contribution < -0.4 is 10.1 Å². The predicted octanol–water partition coefficient (Wildman–Crippen LogP) is 3.19. The van der Waals surface area contributed by atoms with Crippen molar-refractivity contribution in [3.05, 3.63) is 46.9 Å². The highest BCUT2D eigenvalue weighted by Gasteiger charge is 2.30. The molecule has 1 aromatic heterocycles. The molecule has 1 N–H and O–H groups in total. The van der Waals surface area contributed by atoms with E-state index in [0.717, 1.165) is 30.7 Å². The Balaban J connectivity index is 1.49. The van der Waals surface area contributed by atoms with Crippen LogP contribution in [0.1, 0.15) is 31.4 Å². The number of thiazole rings is 1. The van der Waals surface area contributed by atoms with Gasteiger partial charge in [0.05, 0.1) is 17.2 Å². The summed E-state index contributed by atoms with van der Waals surface area (Å²) in [7, 11) is 0. The third-order valence-corrected chi connectivity index (χ3v) is 4.56. The minimum absolute atomic E-state index is 0.0747. The van der Waals surface area contributed by atoms with Crippen LogP contribution in [0, 0.1) is 0 Å². The molecule has 0 saturated heterocycles. The maximum Gasteiger partial charge on any atom is 0.220 e. The van der Waals surface area contributed by atoms with Crippen molar-refractivity contribution >= 4 is 17.2 Å². The van der Waals surface area contributed by atoms with E-state index in [2.05, 4.69) is 10.3 Å². The smallest absolute Gasteiger partial charge is 0.220 e. The Hall–Kier alpha value is -1.88. The number of amides is 1. The molecule has 22 heavy (non-hydrogen) atoms. The van der Waals surface area contributed by atoms with Crippen LogP contribution in [-0.4, -0.2) is 23.0 Å². The van der Waals surface area contributed by atoms with Crippen LogP contribution in [0.5, 0.6) is 5.75 Å². The van der Waals surface area contributed by atoms with Crippen molar-refractivity contribution in [2.45, 2.75) is 44.2 Å². The largest absolute Gasteiger partial charge is 0.488 e. The molecule has 1 aliphatic rings. The number of aromatic nitrogens is 1. The molecule has 1 saturated carbocycles. The molecule has 0 unspecified atom stereocenters. The van der Waals surface area contributed by atoms with Gasteiger partial charge in [-0.05, 0) is 37.8 Å². The standard InChI is InChI=1S/C17H20N2O2S/c20-17(10-9-13-11-22-12-18-13)19-15-7-4-8-16(15)21-14-5-2-1-3-6-14/h1-3,5-6,11-12,15-16H,4,7-10H2,(H,19,20)/t15-,16-/m0/s1. The zero-order chi connectivity index (χ0) is 15.2. The summed E-state index contributed by atoms with van der Waals surface area (Å²) in [6.45, 7) is 0. The van der Waals surface area contributed by atoms with Gasteiger partial charge in [0.25, 0.3) is 0 Å². The van der Waals surface area contributed by atoms with E-state index in [1.165, 1.54) is 0 Å². The third kappa shape index (κ3) is 4.07. The molecule has 4 nitrogen and oxygen atoms in total. The molecule has 0 aliphatic heterocycles. The molecule has 116 valence electrons. The van der Waals surface area contributed by atoms with Gasteiger partial charge in [0, 0.05) is 11.8 Å². The monoisotopic (exact) mass is 316 g/mol. The van der Waals surface area contributed by atoms with E-state index in [9.17, 15) is 4.79 Å². The van der Waals surface area contributed by atoms with Gasteiger partial charge in [0.15, 0.2) is 0 Å². The Morgan fingerprint density at radius 1 is 1.32 bits per heavy atom. The summed E-state index contributed by atoms with van der Waals surface area (Å²) in [5.74, 6) is 0.956. The van der Waals surface area contributed by atoms with Gasteiger partial charge < -0.3 is 10.1 Å². The summed E-state index contributed by atoms with van der Waals surface area (Å²) in [4.78, 5) is 16.3. The second kappa shape index (κ2) is 7.40. The normalized spacial score (nSPS) is 20.7. The molecule has 0 bridgehead atoms. The first-order chi connectivity index (χ1) is 10.8. The van der Waals surface area contributed by atoms with Crippen LogP contribution in [0.2, 0.25) is 0 Å². The molecule has 1 heterocycles. The van der Waals surface area contributed by atoms with E-state index < -0.39 is 0 Å². The molecule has 2 aromatic rings.